The predicted octanol–water partition coefficient (Wildman–Crippen LogP) is 1.56. The van der Waals surface area contributed by atoms with Crippen molar-refractivity contribution < 1.29 is 50.0 Å². The summed E-state index contributed by atoms with van der Waals surface area (Å²) >= 11 is 0. The molecular formula is C23H47N2NaO4. The van der Waals surface area contributed by atoms with Crippen molar-refractivity contribution in [2.75, 3.05) is 32.8 Å². The second-order valence-corrected chi connectivity index (χ2v) is 7.76. The monoisotopic (exact) mass is 438 g/mol. The van der Waals surface area contributed by atoms with Crippen LogP contribution >= 0.6 is 0 Å². The molecule has 0 saturated carbocycles. The van der Waals surface area contributed by atoms with Gasteiger partial charge in [0.15, 0.2) is 0 Å². The SMILES string of the molecule is CCCCCCCCCCCCOC(=O)C(N)CC(=O)OCCCN(CC)CC.[H-].[Na+]. The second-order valence-electron chi connectivity index (χ2n) is 7.76. The van der Waals surface area contributed by atoms with Crippen molar-refractivity contribution in [3.05, 3.63) is 0 Å². The van der Waals surface area contributed by atoms with Crippen molar-refractivity contribution in [3.8, 4) is 0 Å². The summed E-state index contributed by atoms with van der Waals surface area (Å²) in [7, 11) is 0. The first-order valence-electron chi connectivity index (χ1n) is 11.8. The number of ether oxygens (including phenoxy) is 2. The van der Waals surface area contributed by atoms with Crippen LogP contribution in [-0.2, 0) is 19.1 Å². The summed E-state index contributed by atoms with van der Waals surface area (Å²) < 4.78 is 10.3. The standard InChI is InChI=1S/C23H46N2O4.Na.H/c1-4-7-8-9-10-11-12-13-14-15-18-29-23(27)21(24)20-22(26)28-19-16-17-25(5-2)6-3;;/h21H,4-20,24H2,1-3H3;;/q;+1;-1. The Balaban J connectivity index is -0.00000392. The number of unbranched alkanes of at least 4 members (excludes halogenated alkanes) is 9. The molecule has 0 amide bonds. The largest absolute Gasteiger partial charge is 1.00 e. The summed E-state index contributed by atoms with van der Waals surface area (Å²) in [5.74, 6) is -0.950. The molecule has 0 aromatic rings. The van der Waals surface area contributed by atoms with Crippen LogP contribution in [0.1, 0.15) is 99.2 Å². The van der Waals surface area contributed by atoms with Crippen LogP contribution in [0.15, 0.2) is 0 Å². The van der Waals surface area contributed by atoms with E-state index in [9.17, 15) is 9.59 Å². The molecule has 0 saturated heterocycles. The Hall–Kier alpha value is -0.140. The molecule has 0 aliphatic carbocycles. The van der Waals surface area contributed by atoms with Gasteiger partial charge in [-0.3, -0.25) is 9.59 Å². The van der Waals surface area contributed by atoms with Crippen molar-refractivity contribution in [1.29, 1.82) is 0 Å². The Morgan fingerprint density at radius 2 is 1.30 bits per heavy atom. The molecule has 0 aliphatic heterocycles. The molecule has 0 aliphatic rings. The Bertz CT molecular complexity index is 413. The molecule has 1 unspecified atom stereocenters. The van der Waals surface area contributed by atoms with Gasteiger partial charge in [0.05, 0.1) is 19.6 Å². The van der Waals surface area contributed by atoms with Crippen molar-refractivity contribution in [1.82, 2.24) is 4.90 Å². The van der Waals surface area contributed by atoms with Crippen LogP contribution in [0.5, 0.6) is 0 Å². The molecule has 6 nitrogen and oxygen atoms in total. The van der Waals surface area contributed by atoms with Gasteiger partial charge in [0, 0.05) is 6.54 Å². The van der Waals surface area contributed by atoms with E-state index in [1.807, 2.05) is 0 Å². The van der Waals surface area contributed by atoms with E-state index in [0.717, 1.165) is 38.9 Å². The number of nitrogens with zero attached hydrogens (tertiary/aromatic N) is 1. The van der Waals surface area contributed by atoms with E-state index < -0.39 is 18.0 Å². The van der Waals surface area contributed by atoms with Crippen LogP contribution < -0.4 is 35.3 Å². The third-order valence-electron chi connectivity index (χ3n) is 5.21. The molecule has 0 radical (unpaired) electrons. The molecule has 30 heavy (non-hydrogen) atoms. The minimum Gasteiger partial charge on any atom is -1.00 e. The topological polar surface area (TPSA) is 81.9 Å². The van der Waals surface area contributed by atoms with Crippen molar-refractivity contribution in [2.24, 2.45) is 5.73 Å². The Morgan fingerprint density at radius 3 is 1.83 bits per heavy atom. The number of carbonyl (C=O) groups is 2. The number of rotatable bonds is 20. The molecule has 0 rings (SSSR count). The van der Waals surface area contributed by atoms with Crippen LogP contribution in [0, 0.1) is 0 Å². The molecular weight excluding hydrogens is 391 g/mol. The first kappa shape index (κ1) is 32.0. The fourth-order valence-electron chi connectivity index (χ4n) is 3.21. The van der Waals surface area contributed by atoms with Gasteiger partial charge < -0.3 is 21.5 Å². The van der Waals surface area contributed by atoms with E-state index in [1.54, 1.807) is 0 Å². The number of hydrogen-bond donors (Lipinski definition) is 1. The molecule has 0 aromatic heterocycles. The van der Waals surface area contributed by atoms with E-state index in [4.69, 9.17) is 15.2 Å². The van der Waals surface area contributed by atoms with Gasteiger partial charge in [0.1, 0.15) is 6.04 Å². The predicted molar refractivity (Wildman–Crippen MR) is 120 cm³/mol. The van der Waals surface area contributed by atoms with Gasteiger partial charge in [-0.15, -0.1) is 0 Å². The van der Waals surface area contributed by atoms with Crippen LogP contribution in [-0.4, -0.2) is 55.7 Å². The zero-order valence-electron chi connectivity index (χ0n) is 21.3. The minimum atomic E-state index is -0.937. The van der Waals surface area contributed by atoms with Gasteiger partial charge in [0.2, 0.25) is 0 Å². The number of carbonyl (C=O) groups excluding carboxylic acids is 2. The minimum absolute atomic E-state index is 0. The number of esters is 2. The first-order chi connectivity index (χ1) is 14.0. The molecule has 2 N–H and O–H groups in total. The van der Waals surface area contributed by atoms with Crippen molar-refractivity contribution >= 4 is 11.9 Å². The molecule has 0 spiro atoms. The van der Waals surface area contributed by atoms with E-state index in [-0.39, 0.29) is 37.4 Å². The average Bonchev–Trinajstić information content (AvgIpc) is 2.71. The van der Waals surface area contributed by atoms with Crippen molar-refractivity contribution in [2.45, 2.75) is 104 Å². The molecule has 0 aromatic carbocycles. The fraction of sp³-hybridized carbons (Fsp3) is 0.913. The number of hydrogen-bond acceptors (Lipinski definition) is 6. The molecule has 174 valence electrons. The van der Waals surface area contributed by atoms with Gasteiger partial charge in [0.25, 0.3) is 0 Å². The van der Waals surface area contributed by atoms with E-state index in [1.165, 1.54) is 51.4 Å². The first-order valence-corrected chi connectivity index (χ1v) is 11.8. The van der Waals surface area contributed by atoms with E-state index in [0.29, 0.717) is 13.2 Å². The van der Waals surface area contributed by atoms with Gasteiger partial charge >= 0.3 is 41.5 Å². The summed E-state index contributed by atoms with van der Waals surface area (Å²) in [6.45, 7) is 10.1. The maximum atomic E-state index is 11.9. The van der Waals surface area contributed by atoms with Gasteiger partial charge in [-0.05, 0) is 25.9 Å². The third-order valence-corrected chi connectivity index (χ3v) is 5.21. The Labute approximate surface area is 208 Å². The third kappa shape index (κ3) is 19.8. The van der Waals surface area contributed by atoms with E-state index in [2.05, 4.69) is 25.7 Å². The maximum absolute atomic E-state index is 11.9. The van der Waals surface area contributed by atoms with Crippen LogP contribution in [0.2, 0.25) is 0 Å². The van der Waals surface area contributed by atoms with Crippen LogP contribution in [0.4, 0.5) is 0 Å². The summed E-state index contributed by atoms with van der Waals surface area (Å²) in [4.78, 5) is 25.9. The fourth-order valence-corrected chi connectivity index (χ4v) is 3.21. The Morgan fingerprint density at radius 1 is 0.800 bits per heavy atom. The zero-order chi connectivity index (χ0) is 21.7. The summed E-state index contributed by atoms with van der Waals surface area (Å²) in [5.41, 5.74) is 5.76. The van der Waals surface area contributed by atoms with E-state index >= 15 is 0 Å². The number of nitrogens with two attached hydrogens (primary N) is 1. The maximum Gasteiger partial charge on any atom is 1.00 e. The molecule has 0 fully saturated rings. The van der Waals surface area contributed by atoms with Gasteiger partial charge in [-0.2, -0.15) is 0 Å². The Kier molecular flexibility index (Phi) is 25.1. The summed E-state index contributed by atoms with van der Waals surface area (Å²) in [5, 5.41) is 0. The summed E-state index contributed by atoms with van der Waals surface area (Å²) in [6.07, 6.45) is 13.0. The summed E-state index contributed by atoms with van der Waals surface area (Å²) in [6, 6.07) is -0.937. The zero-order valence-corrected chi connectivity index (χ0v) is 22.3. The van der Waals surface area contributed by atoms with Gasteiger partial charge in [-0.25, -0.2) is 0 Å². The van der Waals surface area contributed by atoms with Crippen LogP contribution in [0.25, 0.3) is 0 Å². The van der Waals surface area contributed by atoms with Crippen molar-refractivity contribution in [3.63, 3.8) is 0 Å². The second kappa shape index (κ2) is 23.5. The molecule has 1 atom stereocenters. The average molecular weight is 439 g/mol. The smallest absolute Gasteiger partial charge is 1.00 e. The quantitative estimate of drug-likeness (QED) is 0.176. The van der Waals surface area contributed by atoms with Gasteiger partial charge in [-0.1, -0.05) is 78.6 Å². The van der Waals surface area contributed by atoms with Crippen LogP contribution in [0.3, 0.4) is 0 Å². The molecule has 0 bridgehead atoms. The molecule has 0 heterocycles. The normalized spacial score (nSPS) is 11.8. The molecule has 7 heteroatoms.